The summed E-state index contributed by atoms with van der Waals surface area (Å²) in [6.07, 6.45) is 6.47. The molecule has 0 saturated carbocycles. The molecule has 2 nitrogen and oxygen atoms in total. The highest BCUT2D eigenvalue weighted by Crippen LogP contribution is 2.32. The standard InChI is InChI=1S/C18H18N2/c1-20(2)17-8-3-13(4-9-17)11-14-5-6-15-12-16(19)7-10-18(14)15/h3-12H,19H2,1-2H3/b14-11+. The van der Waals surface area contributed by atoms with Crippen molar-refractivity contribution < 1.29 is 0 Å². The van der Waals surface area contributed by atoms with E-state index in [0.29, 0.717) is 0 Å². The molecule has 2 heteroatoms. The Morgan fingerprint density at radius 2 is 1.70 bits per heavy atom. The van der Waals surface area contributed by atoms with Crippen molar-refractivity contribution in [1.82, 2.24) is 0 Å². The average molecular weight is 262 g/mol. The van der Waals surface area contributed by atoms with Crippen LogP contribution in [0.1, 0.15) is 16.7 Å². The molecule has 1 aliphatic carbocycles. The SMILES string of the molecule is CN(C)c1ccc(/C=C2\C=Cc3cc(N)ccc32)cc1. The van der Waals surface area contributed by atoms with Gasteiger partial charge in [-0.15, -0.1) is 0 Å². The van der Waals surface area contributed by atoms with Gasteiger partial charge in [-0.3, -0.25) is 0 Å². The van der Waals surface area contributed by atoms with E-state index in [-0.39, 0.29) is 0 Å². The van der Waals surface area contributed by atoms with Crippen LogP contribution in [0.2, 0.25) is 0 Å². The molecule has 1 aliphatic rings. The van der Waals surface area contributed by atoms with Gasteiger partial charge < -0.3 is 10.6 Å². The number of fused-ring (bicyclic) bond motifs is 1. The number of benzene rings is 2. The fraction of sp³-hybridized carbons (Fsp3) is 0.111. The molecule has 0 radical (unpaired) electrons. The molecule has 0 amide bonds. The van der Waals surface area contributed by atoms with Gasteiger partial charge >= 0.3 is 0 Å². The Kier molecular flexibility index (Phi) is 3.07. The summed E-state index contributed by atoms with van der Waals surface area (Å²) >= 11 is 0. The molecule has 100 valence electrons. The van der Waals surface area contributed by atoms with Gasteiger partial charge in [0.15, 0.2) is 0 Å². The van der Waals surface area contributed by atoms with Crippen LogP contribution >= 0.6 is 0 Å². The summed E-state index contributed by atoms with van der Waals surface area (Å²) < 4.78 is 0. The topological polar surface area (TPSA) is 29.3 Å². The predicted molar refractivity (Wildman–Crippen MR) is 88.5 cm³/mol. The highest BCUT2D eigenvalue weighted by atomic mass is 15.1. The minimum absolute atomic E-state index is 0.810. The zero-order valence-corrected chi connectivity index (χ0v) is 11.8. The van der Waals surface area contributed by atoms with Crippen LogP contribution in [0.15, 0.2) is 48.5 Å². The Labute approximate surface area is 119 Å². The summed E-state index contributed by atoms with van der Waals surface area (Å²) in [6.45, 7) is 0. The van der Waals surface area contributed by atoms with Gasteiger partial charge in [0.2, 0.25) is 0 Å². The van der Waals surface area contributed by atoms with E-state index in [1.807, 2.05) is 26.2 Å². The van der Waals surface area contributed by atoms with Crippen molar-refractivity contribution in [3.8, 4) is 0 Å². The summed E-state index contributed by atoms with van der Waals surface area (Å²) in [7, 11) is 4.10. The van der Waals surface area contributed by atoms with E-state index < -0.39 is 0 Å². The minimum Gasteiger partial charge on any atom is -0.399 e. The van der Waals surface area contributed by atoms with Gasteiger partial charge in [0.1, 0.15) is 0 Å². The molecule has 2 aromatic rings. The normalized spacial score (nSPS) is 14.6. The van der Waals surface area contributed by atoms with Crippen molar-refractivity contribution in [2.45, 2.75) is 0 Å². The largest absolute Gasteiger partial charge is 0.399 e. The number of allylic oxidation sites excluding steroid dienone is 2. The van der Waals surface area contributed by atoms with Crippen molar-refractivity contribution >= 4 is 29.1 Å². The van der Waals surface area contributed by atoms with E-state index in [1.54, 1.807) is 0 Å². The molecule has 0 aliphatic heterocycles. The van der Waals surface area contributed by atoms with Crippen molar-refractivity contribution in [1.29, 1.82) is 0 Å². The second-order valence-electron chi connectivity index (χ2n) is 5.27. The van der Waals surface area contributed by atoms with Gasteiger partial charge in [-0.25, -0.2) is 0 Å². The Hall–Kier alpha value is -2.48. The van der Waals surface area contributed by atoms with Crippen LogP contribution in [0, 0.1) is 0 Å². The third-order valence-corrected chi connectivity index (χ3v) is 3.56. The zero-order chi connectivity index (χ0) is 14.1. The molecular weight excluding hydrogens is 244 g/mol. The summed E-state index contributed by atoms with van der Waals surface area (Å²) in [4.78, 5) is 2.10. The van der Waals surface area contributed by atoms with Crippen molar-refractivity contribution in [2.75, 3.05) is 24.7 Å². The molecule has 0 fully saturated rings. The quantitative estimate of drug-likeness (QED) is 0.832. The van der Waals surface area contributed by atoms with Gasteiger partial charge in [0, 0.05) is 25.5 Å². The lowest BCUT2D eigenvalue weighted by atomic mass is 10.0. The molecule has 20 heavy (non-hydrogen) atoms. The van der Waals surface area contributed by atoms with Crippen molar-refractivity contribution in [3.63, 3.8) is 0 Å². The van der Waals surface area contributed by atoms with E-state index in [2.05, 4.69) is 53.5 Å². The summed E-state index contributed by atoms with van der Waals surface area (Å²) in [6, 6.07) is 14.6. The van der Waals surface area contributed by atoms with Crippen molar-refractivity contribution in [2.24, 2.45) is 0 Å². The van der Waals surface area contributed by atoms with E-state index in [9.17, 15) is 0 Å². The highest BCUT2D eigenvalue weighted by Gasteiger charge is 2.10. The van der Waals surface area contributed by atoms with Crippen LogP contribution in [0.3, 0.4) is 0 Å². The molecule has 0 saturated heterocycles. The van der Waals surface area contributed by atoms with Crippen LogP contribution in [-0.4, -0.2) is 14.1 Å². The van der Waals surface area contributed by atoms with E-state index in [4.69, 9.17) is 5.73 Å². The number of nitrogen functional groups attached to an aromatic ring is 1. The first-order valence-electron chi connectivity index (χ1n) is 6.70. The molecule has 0 atom stereocenters. The molecule has 0 spiro atoms. The smallest absolute Gasteiger partial charge is 0.0361 e. The average Bonchev–Trinajstić information content (AvgIpc) is 2.81. The molecule has 2 aromatic carbocycles. The van der Waals surface area contributed by atoms with E-state index >= 15 is 0 Å². The zero-order valence-electron chi connectivity index (χ0n) is 11.8. The second-order valence-corrected chi connectivity index (χ2v) is 5.27. The highest BCUT2D eigenvalue weighted by molar-refractivity contribution is 5.98. The molecular formula is C18H18N2. The number of hydrogen-bond acceptors (Lipinski definition) is 2. The fourth-order valence-corrected chi connectivity index (χ4v) is 2.43. The van der Waals surface area contributed by atoms with Gasteiger partial charge in [-0.05, 0) is 52.6 Å². The summed E-state index contributed by atoms with van der Waals surface area (Å²) in [5.74, 6) is 0. The first-order chi connectivity index (χ1) is 9.63. The van der Waals surface area contributed by atoms with Gasteiger partial charge in [-0.1, -0.05) is 30.4 Å². The number of rotatable bonds is 2. The summed E-state index contributed by atoms with van der Waals surface area (Å²) in [5, 5.41) is 0. The Bertz CT molecular complexity index is 692. The molecule has 0 aromatic heterocycles. The monoisotopic (exact) mass is 262 g/mol. The number of nitrogens with two attached hydrogens (primary N) is 1. The van der Waals surface area contributed by atoms with Gasteiger partial charge in [0.25, 0.3) is 0 Å². The van der Waals surface area contributed by atoms with Crippen LogP contribution in [0.4, 0.5) is 11.4 Å². The number of anilines is 2. The number of nitrogens with zero attached hydrogens (tertiary/aromatic N) is 1. The van der Waals surface area contributed by atoms with Crippen LogP contribution in [0.5, 0.6) is 0 Å². The lowest BCUT2D eigenvalue weighted by Gasteiger charge is -2.12. The van der Waals surface area contributed by atoms with E-state index in [0.717, 1.165) is 5.69 Å². The van der Waals surface area contributed by atoms with E-state index in [1.165, 1.54) is 28.0 Å². The minimum atomic E-state index is 0.810. The maximum Gasteiger partial charge on any atom is 0.0361 e. The third-order valence-electron chi connectivity index (χ3n) is 3.56. The fourth-order valence-electron chi connectivity index (χ4n) is 2.43. The second kappa shape index (κ2) is 4.89. The lowest BCUT2D eigenvalue weighted by Crippen LogP contribution is -2.07. The van der Waals surface area contributed by atoms with Crippen LogP contribution in [-0.2, 0) is 0 Å². The summed E-state index contributed by atoms with van der Waals surface area (Å²) in [5.41, 5.74) is 12.7. The van der Waals surface area contributed by atoms with Gasteiger partial charge in [-0.2, -0.15) is 0 Å². The Morgan fingerprint density at radius 1 is 0.950 bits per heavy atom. The number of hydrogen-bond donors (Lipinski definition) is 1. The first-order valence-corrected chi connectivity index (χ1v) is 6.70. The molecule has 0 heterocycles. The molecule has 0 unspecified atom stereocenters. The maximum absolute atomic E-state index is 5.82. The third kappa shape index (κ3) is 2.32. The molecule has 2 N–H and O–H groups in total. The first kappa shape index (κ1) is 12.5. The Balaban J connectivity index is 1.93. The maximum atomic E-state index is 5.82. The van der Waals surface area contributed by atoms with Crippen LogP contribution in [0.25, 0.3) is 17.7 Å². The van der Waals surface area contributed by atoms with Gasteiger partial charge in [0.05, 0.1) is 0 Å². The predicted octanol–water partition coefficient (Wildman–Crippen LogP) is 3.90. The lowest BCUT2D eigenvalue weighted by molar-refractivity contribution is 1.13. The molecule has 0 bridgehead atoms. The molecule has 3 rings (SSSR count). The van der Waals surface area contributed by atoms with Crippen molar-refractivity contribution in [3.05, 3.63) is 65.2 Å². The van der Waals surface area contributed by atoms with Crippen LogP contribution < -0.4 is 10.6 Å². The Morgan fingerprint density at radius 3 is 2.40 bits per heavy atom.